The molecule has 0 unspecified atom stereocenters. The van der Waals surface area contributed by atoms with Crippen LogP contribution in [0, 0.1) is 5.92 Å². The Hall–Kier alpha value is -1.88. The number of piperidine rings is 1. The van der Waals surface area contributed by atoms with E-state index in [4.69, 9.17) is 4.74 Å². The fraction of sp³-hybridized carbons (Fsp3) is 0.636. The molecule has 5 heteroatoms. The molecule has 2 fully saturated rings. The van der Waals surface area contributed by atoms with Gasteiger partial charge in [-0.2, -0.15) is 0 Å². The van der Waals surface area contributed by atoms with Crippen LogP contribution in [-0.4, -0.2) is 49.1 Å². The summed E-state index contributed by atoms with van der Waals surface area (Å²) in [4.78, 5) is 26.7. The molecule has 5 nitrogen and oxygen atoms in total. The van der Waals surface area contributed by atoms with E-state index >= 15 is 0 Å². The Morgan fingerprint density at radius 2 is 1.89 bits per heavy atom. The summed E-state index contributed by atoms with van der Waals surface area (Å²) in [5.41, 5.74) is 1.13. The number of aryl methyl sites for hydroxylation is 1. The third-order valence-electron chi connectivity index (χ3n) is 5.83. The molecule has 1 aromatic rings. The summed E-state index contributed by atoms with van der Waals surface area (Å²) in [6, 6.07) is 10.3. The molecule has 0 aromatic heterocycles. The van der Waals surface area contributed by atoms with Gasteiger partial charge >= 0.3 is 0 Å². The molecular formula is C22H32N2O3. The van der Waals surface area contributed by atoms with Gasteiger partial charge in [-0.15, -0.1) is 0 Å². The molecule has 0 atom stereocenters. The number of amides is 2. The van der Waals surface area contributed by atoms with Crippen LogP contribution < -0.4 is 5.32 Å². The Morgan fingerprint density at radius 1 is 1.19 bits per heavy atom. The standard InChI is InChI=1S/C22H32N2O3/c1-27-17-20(25)23-22(16-19-10-11-19)12-14-24(15-13-22)21(26)9-5-8-18-6-3-2-4-7-18/h2-4,6-7,19H,5,8-17H2,1H3,(H,23,25). The molecule has 1 heterocycles. The zero-order valence-corrected chi connectivity index (χ0v) is 16.4. The van der Waals surface area contributed by atoms with Crippen molar-refractivity contribution in [3.8, 4) is 0 Å². The third-order valence-corrected chi connectivity index (χ3v) is 5.83. The Labute approximate surface area is 162 Å². The molecule has 0 spiro atoms. The van der Waals surface area contributed by atoms with Crippen molar-refractivity contribution in [2.24, 2.45) is 5.92 Å². The monoisotopic (exact) mass is 372 g/mol. The van der Waals surface area contributed by atoms with Gasteiger partial charge in [-0.3, -0.25) is 9.59 Å². The van der Waals surface area contributed by atoms with E-state index in [0.717, 1.165) is 51.1 Å². The molecule has 0 bridgehead atoms. The number of hydrogen-bond donors (Lipinski definition) is 1. The number of carbonyl (C=O) groups is 2. The molecule has 1 saturated heterocycles. The summed E-state index contributed by atoms with van der Waals surface area (Å²) in [5, 5.41) is 3.23. The van der Waals surface area contributed by atoms with Gasteiger partial charge in [-0.25, -0.2) is 0 Å². The van der Waals surface area contributed by atoms with Gasteiger partial charge in [0.1, 0.15) is 6.61 Å². The van der Waals surface area contributed by atoms with Crippen LogP contribution in [0.3, 0.4) is 0 Å². The maximum atomic E-state index is 12.6. The van der Waals surface area contributed by atoms with Crippen LogP contribution in [0.2, 0.25) is 0 Å². The van der Waals surface area contributed by atoms with Gasteiger partial charge in [0.05, 0.1) is 0 Å². The van der Waals surface area contributed by atoms with E-state index in [1.165, 1.54) is 18.4 Å². The normalized spacial score (nSPS) is 18.9. The minimum absolute atomic E-state index is 0.0409. The number of carbonyl (C=O) groups excluding carboxylic acids is 2. The maximum Gasteiger partial charge on any atom is 0.246 e. The number of ether oxygens (including phenoxy) is 1. The summed E-state index contributed by atoms with van der Waals surface area (Å²) in [5.74, 6) is 0.941. The second-order valence-corrected chi connectivity index (χ2v) is 8.13. The highest BCUT2D eigenvalue weighted by Gasteiger charge is 2.41. The second-order valence-electron chi connectivity index (χ2n) is 8.13. The lowest BCUT2D eigenvalue weighted by molar-refractivity contribution is -0.134. The molecule has 1 N–H and O–H groups in total. The average molecular weight is 373 g/mol. The Kier molecular flexibility index (Phi) is 6.89. The van der Waals surface area contributed by atoms with Crippen LogP contribution >= 0.6 is 0 Å². The number of nitrogens with one attached hydrogen (secondary N) is 1. The van der Waals surface area contributed by atoms with Crippen LogP contribution in [0.1, 0.15) is 50.5 Å². The van der Waals surface area contributed by atoms with Gasteiger partial charge in [0.15, 0.2) is 0 Å². The van der Waals surface area contributed by atoms with Crippen LogP contribution in [0.15, 0.2) is 30.3 Å². The largest absolute Gasteiger partial charge is 0.375 e. The maximum absolute atomic E-state index is 12.6. The van der Waals surface area contributed by atoms with Gasteiger partial charge in [-0.1, -0.05) is 43.2 Å². The van der Waals surface area contributed by atoms with E-state index in [9.17, 15) is 9.59 Å². The molecule has 148 valence electrons. The predicted octanol–water partition coefficient (Wildman–Crippen LogP) is 2.93. The van der Waals surface area contributed by atoms with Crippen molar-refractivity contribution in [3.05, 3.63) is 35.9 Å². The smallest absolute Gasteiger partial charge is 0.246 e. The van der Waals surface area contributed by atoms with Crippen molar-refractivity contribution in [3.63, 3.8) is 0 Å². The van der Waals surface area contributed by atoms with Crippen LogP contribution in [0.25, 0.3) is 0 Å². The number of likely N-dealkylation sites (tertiary alicyclic amines) is 1. The average Bonchev–Trinajstić information content (AvgIpc) is 3.47. The van der Waals surface area contributed by atoms with Crippen LogP contribution in [0.4, 0.5) is 0 Å². The highest BCUT2D eigenvalue weighted by atomic mass is 16.5. The van der Waals surface area contributed by atoms with Gasteiger partial charge in [0, 0.05) is 32.2 Å². The van der Waals surface area contributed by atoms with Crippen LogP contribution in [0.5, 0.6) is 0 Å². The van der Waals surface area contributed by atoms with Gasteiger partial charge in [0.2, 0.25) is 11.8 Å². The summed E-state index contributed by atoms with van der Waals surface area (Å²) in [6.07, 6.45) is 7.70. The zero-order chi connectivity index (χ0) is 19.1. The highest BCUT2D eigenvalue weighted by Crippen LogP contribution is 2.40. The van der Waals surface area contributed by atoms with Crippen molar-refractivity contribution in [2.75, 3.05) is 26.8 Å². The van der Waals surface area contributed by atoms with E-state index in [-0.39, 0.29) is 24.0 Å². The lowest BCUT2D eigenvalue weighted by Gasteiger charge is -2.43. The number of hydrogen-bond acceptors (Lipinski definition) is 3. The van der Waals surface area contributed by atoms with E-state index in [0.29, 0.717) is 6.42 Å². The molecule has 2 aliphatic rings. The summed E-state index contributed by atoms with van der Waals surface area (Å²) >= 11 is 0. The zero-order valence-electron chi connectivity index (χ0n) is 16.4. The molecule has 1 aliphatic heterocycles. The molecule has 3 rings (SSSR count). The molecular weight excluding hydrogens is 340 g/mol. The molecule has 1 aromatic carbocycles. The fourth-order valence-electron chi connectivity index (χ4n) is 4.15. The van der Waals surface area contributed by atoms with Gasteiger partial charge < -0.3 is 15.0 Å². The van der Waals surface area contributed by atoms with Crippen molar-refractivity contribution in [1.82, 2.24) is 10.2 Å². The fourth-order valence-corrected chi connectivity index (χ4v) is 4.15. The number of rotatable bonds is 9. The lowest BCUT2D eigenvalue weighted by atomic mass is 9.82. The molecule has 2 amide bonds. The third kappa shape index (κ3) is 6.06. The van der Waals surface area contributed by atoms with Crippen molar-refractivity contribution >= 4 is 11.8 Å². The van der Waals surface area contributed by atoms with Crippen molar-refractivity contribution < 1.29 is 14.3 Å². The first-order valence-corrected chi connectivity index (χ1v) is 10.2. The first-order chi connectivity index (χ1) is 13.1. The number of benzene rings is 1. The summed E-state index contributed by atoms with van der Waals surface area (Å²) in [6.45, 7) is 1.59. The van der Waals surface area contributed by atoms with E-state index in [1.807, 2.05) is 23.1 Å². The molecule has 27 heavy (non-hydrogen) atoms. The second kappa shape index (κ2) is 9.36. The van der Waals surface area contributed by atoms with Gasteiger partial charge in [0.25, 0.3) is 0 Å². The van der Waals surface area contributed by atoms with Gasteiger partial charge in [-0.05, 0) is 43.6 Å². The Morgan fingerprint density at radius 3 is 2.52 bits per heavy atom. The lowest BCUT2D eigenvalue weighted by Crippen LogP contribution is -2.57. The minimum Gasteiger partial charge on any atom is -0.375 e. The van der Waals surface area contributed by atoms with E-state index in [1.54, 1.807) is 7.11 Å². The topological polar surface area (TPSA) is 58.6 Å². The SMILES string of the molecule is COCC(=O)NC1(CC2CC2)CCN(C(=O)CCCc2ccccc2)CC1. The van der Waals surface area contributed by atoms with E-state index < -0.39 is 0 Å². The van der Waals surface area contributed by atoms with Crippen molar-refractivity contribution in [1.29, 1.82) is 0 Å². The first kappa shape index (κ1) is 19.9. The Balaban J connectivity index is 1.46. The Bertz CT molecular complexity index is 620. The quantitative estimate of drug-likeness (QED) is 0.725. The van der Waals surface area contributed by atoms with E-state index in [2.05, 4.69) is 17.4 Å². The molecule has 0 radical (unpaired) electrons. The van der Waals surface area contributed by atoms with Crippen LogP contribution in [-0.2, 0) is 20.7 Å². The number of methoxy groups -OCH3 is 1. The summed E-state index contributed by atoms with van der Waals surface area (Å²) < 4.78 is 4.97. The molecule has 1 saturated carbocycles. The minimum atomic E-state index is -0.155. The highest BCUT2D eigenvalue weighted by molar-refractivity contribution is 5.78. The first-order valence-electron chi connectivity index (χ1n) is 10.2. The van der Waals surface area contributed by atoms with Crippen molar-refractivity contribution in [2.45, 2.75) is 56.9 Å². The molecule has 1 aliphatic carbocycles. The summed E-state index contributed by atoms with van der Waals surface area (Å²) in [7, 11) is 1.55. The number of nitrogens with zero attached hydrogens (tertiary/aromatic N) is 1. The predicted molar refractivity (Wildman–Crippen MR) is 105 cm³/mol.